The molecular weight excluding hydrogens is 207 g/mol. The maximum absolute atomic E-state index is 13.0. The lowest BCUT2D eigenvalue weighted by atomic mass is 10.1. The largest absolute Gasteiger partial charge is 0.493 e. The highest BCUT2D eigenvalue weighted by atomic mass is 19.1. The number of ether oxygens (including phenoxy) is 1. The minimum atomic E-state index is -0.284. The van der Waals surface area contributed by atoms with Crippen molar-refractivity contribution in [1.29, 1.82) is 5.26 Å². The van der Waals surface area contributed by atoms with Crippen molar-refractivity contribution in [2.24, 2.45) is 5.73 Å². The average Bonchev–Trinajstić information content (AvgIpc) is 2.27. The highest BCUT2D eigenvalue weighted by Gasteiger charge is 2.04. The van der Waals surface area contributed by atoms with Crippen LogP contribution in [0.3, 0.4) is 0 Å². The Kier molecular flexibility index (Phi) is 5.30. The smallest absolute Gasteiger partial charge is 0.123 e. The zero-order valence-corrected chi connectivity index (χ0v) is 9.08. The molecule has 0 amide bonds. The van der Waals surface area contributed by atoms with E-state index in [9.17, 15) is 4.39 Å². The van der Waals surface area contributed by atoms with Gasteiger partial charge in [0.1, 0.15) is 11.6 Å². The third kappa shape index (κ3) is 3.87. The molecule has 4 heteroatoms. The molecule has 16 heavy (non-hydrogen) atoms. The van der Waals surface area contributed by atoms with Gasteiger partial charge in [0.2, 0.25) is 0 Å². The summed E-state index contributed by atoms with van der Waals surface area (Å²) in [5, 5.41) is 8.37. The molecule has 0 heterocycles. The standard InChI is InChI=1S/C12H15FN2O/c13-11-3-4-12(10(9-11)5-7-15)16-8-2-1-6-14/h3-4,9H,1-2,5,7-8,15H2. The maximum atomic E-state index is 13.0. The molecule has 86 valence electrons. The first-order chi connectivity index (χ1) is 7.77. The van der Waals surface area contributed by atoms with Gasteiger partial charge in [-0.1, -0.05) is 0 Å². The third-order valence-corrected chi connectivity index (χ3v) is 2.13. The van der Waals surface area contributed by atoms with Crippen LogP contribution < -0.4 is 10.5 Å². The highest BCUT2D eigenvalue weighted by Crippen LogP contribution is 2.20. The second-order valence-electron chi connectivity index (χ2n) is 3.40. The average molecular weight is 222 g/mol. The topological polar surface area (TPSA) is 59.0 Å². The van der Waals surface area contributed by atoms with Crippen LogP contribution in [0.2, 0.25) is 0 Å². The number of hydrogen-bond donors (Lipinski definition) is 1. The Morgan fingerprint density at radius 1 is 1.44 bits per heavy atom. The summed E-state index contributed by atoms with van der Waals surface area (Å²) in [4.78, 5) is 0. The predicted molar refractivity (Wildman–Crippen MR) is 59.5 cm³/mol. The van der Waals surface area contributed by atoms with E-state index in [1.807, 2.05) is 6.07 Å². The zero-order chi connectivity index (χ0) is 11.8. The Labute approximate surface area is 94.6 Å². The van der Waals surface area contributed by atoms with Crippen molar-refractivity contribution >= 4 is 0 Å². The number of nitriles is 1. The number of unbranched alkanes of at least 4 members (excludes halogenated alkanes) is 1. The number of benzene rings is 1. The number of nitrogens with zero attached hydrogens (tertiary/aromatic N) is 1. The van der Waals surface area contributed by atoms with Crippen molar-refractivity contribution in [3.63, 3.8) is 0 Å². The summed E-state index contributed by atoms with van der Waals surface area (Å²) in [6.45, 7) is 0.925. The molecule has 0 saturated heterocycles. The fraction of sp³-hybridized carbons (Fsp3) is 0.417. The van der Waals surface area contributed by atoms with Gasteiger partial charge in [-0.15, -0.1) is 0 Å². The molecule has 1 rings (SSSR count). The highest BCUT2D eigenvalue weighted by molar-refractivity contribution is 5.34. The molecule has 2 N–H and O–H groups in total. The van der Waals surface area contributed by atoms with Crippen LogP contribution >= 0.6 is 0 Å². The summed E-state index contributed by atoms with van der Waals surface area (Å²) in [6.07, 6.45) is 1.73. The van der Waals surface area contributed by atoms with Crippen LogP contribution in [0.25, 0.3) is 0 Å². The minimum Gasteiger partial charge on any atom is -0.493 e. The van der Waals surface area contributed by atoms with Gasteiger partial charge < -0.3 is 10.5 Å². The first-order valence-electron chi connectivity index (χ1n) is 5.26. The summed E-state index contributed by atoms with van der Waals surface area (Å²) < 4.78 is 18.4. The molecule has 0 unspecified atom stereocenters. The third-order valence-electron chi connectivity index (χ3n) is 2.13. The summed E-state index contributed by atoms with van der Waals surface area (Å²) in [6, 6.07) is 6.44. The molecule has 0 fully saturated rings. The zero-order valence-electron chi connectivity index (χ0n) is 9.08. The lowest BCUT2D eigenvalue weighted by molar-refractivity contribution is 0.309. The van der Waals surface area contributed by atoms with Crippen LogP contribution in [0.4, 0.5) is 4.39 Å². The van der Waals surface area contributed by atoms with Gasteiger partial charge >= 0.3 is 0 Å². The minimum absolute atomic E-state index is 0.284. The van der Waals surface area contributed by atoms with E-state index in [0.717, 1.165) is 5.56 Å². The first kappa shape index (κ1) is 12.5. The molecule has 3 nitrogen and oxygen atoms in total. The Morgan fingerprint density at radius 3 is 2.94 bits per heavy atom. The number of nitrogens with two attached hydrogens (primary N) is 1. The van der Waals surface area contributed by atoms with Crippen molar-refractivity contribution in [3.05, 3.63) is 29.6 Å². The van der Waals surface area contributed by atoms with Crippen LogP contribution in [0.15, 0.2) is 18.2 Å². The van der Waals surface area contributed by atoms with Gasteiger partial charge in [-0.3, -0.25) is 0 Å². The maximum Gasteiger partial charge on any atom is 0.123 e. The summed E-state index contributed by atoms with van der Waals surface area (Å²) >= 11 is 0. The van der Waals surface area contributed by atoms with Crippen LogP contribution in [0, 0.1) is 17.1 Å². The molecule has 0 aliphatic carbocycles. The van der Waals surface area contributed by atoms with E-state index in [1.54, 1.807) is 6.07 Å². The fourth-order valence-electron chi connectivity index (χ4n) is 1.37. The number of hydrogen-bond acceptors (Lipinski definition) is 3. The van der Waals surface area contributed by atoms with Gasteiger partial charge in [0.25, 0.3) is 0 Å². The molecule has 0 aromatic heterocycles. The van der Waals surface area contributed by atoms with Crippen molar-refractivity contribution in [2.45, 2.75) is 19.3 Å². The van der Waals surface area contributed by atoms with Gasteiger partial charge in [0, 0.05) is 6.42 Å². The monoisotopic (exact) mass is 222 g/mol. The fourth-order valence-corrected chi connectivity index (χ4v) is 1.37. The molecular formula is C12H15FN2O. The molecule has 0 bridgehead atoms. The SMILES string of the molecule is N#CCCCOc1ccc(F)cc1CCN. The number of halogens is 1. The van der Waals surface area contributed by atoms with Crippen LogP contribution in [-0.4, -0.2) is 13.2 Å². The molecule has 0 spiro atoms. The lowest BCUT2D eigenvalue weighted by Crippen LogP contribution is -2.06. The van der Waals surface area contributed by atoms with Gasteiger partial charge in [-0.25, -0.2) is 4.39 Å². The normalized spacial score (nSPS) is 9.81. The van der Waals surface area contributed by atoms with E-state index < -0.39 is 0 Å². The van der Waals surface area contributed by atoms with E-state index in [2.05, 4.69) is 0 Å². The second kappa shape index (κ2) is 6.81. The van der Waals surface area contributed by atoms with Crippen LogP contribution in [0.5, 0.6) is 5.75 Å². The van der Waals surface area contributed by atoms with E-state index in [0.29, 0.717) is 38.2 Å². The van der Waals surface area contributed by atoms with E-state index in [1.165, 1.54) is 12.1 Å². The first-order valence-corrected chi connectivity index (χ1v) is 5.26. The van der Waals surface area contributed by atoms with Crippen molar-refractivity contribution in [1.82, 2.24) is 0 Å². The lowest BCUT2D eigenvalue weighted by Gasteiger charge is -2.10. The number of rotatable bonds is 6. The molecule has 0 radical (unpaired) electrons. The van der Waals surface area contributed by atoms with E-state index in [4.69, 9.17) is 15.7 Å². The molecule has 0 atom stereocenters. The summed E-state index contributed by atoms with van der Waals surface area (Å²) in [5.74, 6) is 0.373. The van der Waals surface area contributed by atoms with Gasteiger partial charge in [0.15, 0.2) is 0 Å². The van der Waals surface area contributed by atoms with E-state index in [-0.39, 0.29) is 5.82 Å². The Balaban J connectivity index is 2.60. The molecule has 0 aliphatic heterocycles. The van der Waals surface area contributed by atoms with Crippen molar-refractivity contribution in [2.75, 3.05) is 13.2 Å². The Hall–Kier alpha value is -1.60. The van der Waals surface area contributed by atoms with Crippen LogP contribution in [0.1, 0.15) is 18.4 Å². The molecule has 0 aliphatic rings. The van der Waals surface area contributed by atoms with Gasteiger partial charge in [-0.05, 0) is 43.1 Å². The molecule has 1 aromatic carbocycles. The summed E-state index contributed by atoms with van der Waals surface area (Å²) in [5.41, 5.74) is 6.21. The summed E-state index contributed by atoms with van der Waals surface area (Å²) in [7, 11) is 0. The van der Waals surface area contributed by atoms with Crippen molar-refractivity contribution < 1.29 is 9.13 Å². The van der Waals surface area contributed by atoms with Gasteiger partial charge in [-0.2, -0.15) is 5.26 Å². The van der Waals surface area contributed by atoms with Gasteiger partial charge in [0.05, 0.1) is 12.7 Å². The molecule has 1 aromatic rings. The Morgan fingerprint density at radius 2 is 2.25 bits per heavy atom. The Bertz CT molecular complexity index is 374. The second-order valence-corrected chi connectivity index (χ2v) is 3.40. The predicted octanol–water partition coefficient (Wildman–Crippen LogP) is 2.01. The van der Waals surface area contributed by atoms with E-state index >= 15 is 0 Å². The quantitative estimate of drug-likeness (QED) is 0.749. The van der Waals surface area contributed by atoms with Crippen molar-refractivity contribution in [3.8, 4) is 11.8 Å². The van der Waals surface area contributed by atoms with Crippen LogP contribution in [-0.2, 0) is 6.42 Å². The molecule has 0 saturated carbocycles.